The second kappa shape index (κ2) is 5.38. The minimum absolute atomic E-state index is 0.0129. The minimum Gasteiger partial charge on any atom is -0.508 e. The van der Waals surface area contributed by atoms with Gasteiger partial charge in [0.1, 0.15) is 9.96 Å². The van der Waals surface area contributed by atoms with Crippen LogP contribution in [0, 0.1) is 0 Å². The Morgan fingerprint density at radius 1 is 1.32 bits per heavy atom. The fourth-order valence-corrected chi connectivity index (χ4v) is 3.97. The molecule has 1 heterocycles. The Morgan fingerprint density at radius 3 is 2.68 bits per heavy atom. The number of benzene rings is 1. The lowest BCUT2D eigenvalue weighted by molar-refractivity contribution is 0.467. The molecule has 102 valence electrons. The molecule has 0 aliphatic rings. The Kier molecular flexibility index (Phi) is 4.00. The van der Waals surface area contributed by atoms with Crippen molar-refractivity contribution in [2.75, 3.05) is 5.73 Å². The highest BCUT2D eigenvalue weighted by molar-refractivity contribution is 7.91. The number of hydrogen-bond acceptors (Lipinski definition) is 5. The van der Waals surface area contributed by atoms with Gasteiger partial charge < -0.3 is 10.8 Å². The van der Waals surface area contributed by atoms with Crippen molar-refractivity contribution in [2.45, 2.75) is 10.8 Å². The second-order valence-corrected chi connectivity index (χ2v) is 7.48. The van der Waals surface area contributed by atoms with E-state index in [0.717, 1.165) is 11.3 Å². The molecule has 0 saturated carbocycles. The number of sulfonamides is 1. The number of halogens is 1. The number of aromatic hydroxyl groups is 1. The van der Waals surface area contributed by atoms with E-state index in [4.69, 9.17) is 17.3 Å². The maximum Gasteiger partial charge on any atom is 0.250 e. The van der Waals surface area contributed by atoms with E-state index in [1.54, 1.807) is 0 Å². The molecule has 0 fully saturated rings. The monoisotopic (exact) mass is 318 g/mol. The summed E-state index contributed by atoms with van der Waals surface area (Å²) >= 11 is 6.66. The molecule has 0 saturated heterocycles. The van der Waals surface area contributed by atoms with Crippen LogP contribution in [-0.2, 0) is 16.6 Å². The van der Waals surface area contributed by atoms with E-state index in [0.29, 0.717) is 15.6 Å². The van der Waals surface area contributed by atoms with E-state index in [-0.39, 0.29) is 16.5 Å². The molecule has 0 unspecified atom stereocenters. The van der Waals surface area contributed by atoms with Gasteiger partial charge >= 0.3 is 0 Å². The third kappa shape index (κ3) is 3.38. The molecule has 2 rings (SSSR count). The van der Waals surface area contributed by atoms with Crippen LogP contribution in [0.2, 0.25) is 4.34 Å². The molecule has 1 aromatic heterocycles. The summed E-state index contributed by atoms with van der Waals surface area (Å²) in [4.78, 5) is 0. The topological polar surface area (TPSA) is 92.4 Å². The molecular weight excluding hydrogens is 308 g/mol. The lowest BCUT2D eigenvalue weighted by Crippen LogP contribution is -2.22. The highest BCUT2D eigenvalue weighted by Gasteiger charge is 2.16. The Labute approximate surface area is 119 Å². The predicted molar refractivity (Wildman–Crippen MR) is 75.9 cm³/mol. The van der Waals surface area contributed by atoms with E-state index in [9.17, 15) is 13.5 Å². The molecule has 19 heavy (non-hydrogen) atoms. The molecule has 8 heteroatoms. The number of nitrogens with two attached hydrogens (primary N) is 1. The van der Waals surface area contributed by atoms with Crippen LogP contribution in [0.5, 0.6) is 5.75 Å². The highest BCUT2D eigenvalue weighted by atomic mass is 35.5. The van der Waals surface area contributed by atoms with E-state index < -0.39 is 10.0 Å². The quantitative estimate of drug-likeness (QED) is 0.595. The summed E-state index contributed by atoms with van der Waals surface area (Å²) in [5.74, 6) is -0.0129. The molecule has 1 aromatic carbocycles. The third-order valence-electron chi connectivity index (χ3n) is 2.37. The van der Waals surface area contributed by atoms with Crippen molar-refractivity contribution in [3.8, 4) is 5.75 Å². The first-order valence-electron chi connectivity index (χ1n) is 5.21. The lowest BCUT2D eigenvalue weighted by atomic mass is 10.2. The fourth-order valence-electron chi connectivity index (χ4n) is 1.43. The molecule has 5 nitrogen and oxygen atoms in total. The van der Waals surface area contributed by atoms with Gasteiger partial charge in [0.05, 0.1) is 4.34 Å². The van der Waals surface area contributed by atoms with Crippen molar-refractivity contribution in [1.29, 1.82) is 0 Å². The summed E-state index contributed by atoms with van der Waals surface area (Å²) in [7, 11) is -3.64. The largest absolute Gasteiger partial charge is 0.508 e. The van der Waals surface area contributed by atoms with E-state index in [1.807, 2.05) is 0 Å². The summed E-state index contributed by atoms with van der Waals surface area (Å²) in [6, 6.07) is 7.40. The SMILES string of the molecule is Nc1ccc(O)c(CNS(=O)(=O)c2ccc(Cl)s2)c1. The van der Waals surface area contributed by atoms with Crippen molar-refractivity contribution < 1.29 is 13.5 Å². The highest BCUT2D eigenvalue weighted by Crippen LogP contribution is 2.26. The number of nitrogens with one attached hydrogen (secondary N) is 1. The van der Waals surface area contributed by atoms with Crippen molar-refractivity contribution in [3.05, 3.63) is 40.2 Å². The Balaban J connectivity index is 2.16. The van der Waals surface area contributed by atoms with Gasteiger partial charge in [0.25, 0.3) is 0 Å². The summed E-state index contributed by atoms with van der Waals surface area (Å²) in [5, 5.41) is 9.60. The van der Waals surface area contributed by atoms with Gasteiger partial charge in [-0.2, -0.15) is 0 Å². The standard InChI is InChI=1S/C11H11ClN2O3S2/c12-10-3-4-11(18-10)19(16,17)14-6-7-5-8(13)1-2-9(7)15/h1-5,14-15H,6,13H2. The molecule has 0 atom stereocenters. The molecule has 0 bridgehead atoms. The van der Waals surface area contributed by atoms with Crippen LogP contribution in [0.1, 0.15) is 5.56 Å². The zero-order valence-electron chi connectivity index (χ0n) is 9.63. The van der Waals surface area contributed by atoms with Crippen LogP contribution in [0.15, 0.2) is 34.5 Å². The van der Waals surface area contributed by atoms with Gasteiger partial charge in [-0.05, 0) is 30.3 Å². The van der Waals surface area contributed by atoms with Gasteiger partial charge in [0.2, 0.25) is 10.0 Å². The van der Waals surface area contributed by atoms with Crippen LogP contribution in [-0.4, -0.2) is 13.5 Å². The first-order chi connectivity index (χ1) is 8.88. The molecule has 2 aromatic rings. The maximum atomic E-state index is 11.9. The number of phenolic OH excluding ortho intramolecular Hbond substituents is 1. The normalized spacial score (nSPS) is 11.6. The smallest absolute Gasteiger partial charge is 0.250 e. The first kappa shape index (κ1) is 14.1. The number of phenols is 1. The zero-order valence-corrected chi connectivity index (χ0v) is 12.0. The van der Waals surface area contributed by atoms with Gasteiger partial charge in [0.15, 0.2) is 0 Å². The van der Waals surface area contributed by atoms with Gasteiger partial charge in [0, 0.05) is 17.8 Å². The summed E-state index contributed by atoms with van der Waals surface area (Å²) in [6.07, 6.45) is 0. The predicted octanol–water partition coefficient (Wildman–Crippen LogP) is 2.17. The van der Waals surface area contributed by atoms with E-state index in [2.05, 4.69) is 4.72 Å². The molecule has 0 aliphatic carbocycles. The third-order valence-corrected chi connectivity index (χ3v) is 5.49. The molecule has 0 aliphatic heterocycles. The summed E-state index contributed by atoms with van der Waals surface area (Å²) in [6.45, 7) is -0.0469. The first-order valence-corrected chi connectivity index (χ1v) is 7.88. The number of rotatable bonds is 4. The number of anilines is 1. The van der Waals surface area contributed by atoms with Gasteiger partial charge in [-0.15, -0.1) is 11.3 Å². The molecular formula is C11H11ClN2O3S2. The fraction of sp³-hybridized carbons (Fsp3) is 0.0909. The molecule has 0 amide bonds. The second-order valence-electron chi connectivity index (χ2n) is 3.77. The van der Waals surface area contributed by atoms with Crippen LogP contribution in [0.25, 0.3) is 0 Å². The molecule has 0 spiro atoms. The molecule has 0 radical (unpaired) electrons. The lowest BCUT2D eigenvalue weighted by Gasteiger charge is -2.07. The van der Waals surface area contributed by atoms with Crippen LogP contribution >= 0.6 is 22.9 Å². The average Bonchev–Trinajstić information content (AvgIpc) is 2.78. The van der Waals surface area contributed by atoms with Crippen molar-refractivity contribution in [3.63, 3.8) is 0 Å². The molecule has 4 N–H and O–H groups in total. The van der Waals surface area contributed by atoms with E-state index >= 15 is 0 Å². The number of nitrogen functional groups attached to an aromatic ring is 1. The Hall–Kier alpha value is -1.28. The van der Waals surface area contributed by atoms with Crippen molar-refractivity contribution in [2.24, 2.45) is 0 Å². The van der Waals surface area contributed by atoms with Crippen LogP contribution in [0.4, 0.5) is 5.69 Å². The maximum absolute atomic E-state index is 11.9. The summed E-state index contributed by atoms with van der Waals surface area (Å²) < 4.78 is 26.8. The minimum atomic E-state index is -3.64. The van der Waals surface area contributed by atoms with Crippen LogP contribution in [0.3, 0.4) is 0 Å². The van der Waals surface area contributed by atoms with Crippen molar-refractivity contribution in [1.82, 2.24) is 4.72 Å². The Morgan fingerprint density at radius 2 is 2.05 bits per heavy atom. The number of hydrogen-bond donors (Lipinski definition) is 3. The van der Waals surface area contributed by atoms with Crippen LogP contribution < -0.4 is 10.5 Å². The van der Waals surface area contributed by atoms with Gasteiger partial charge in [-0.1, -0.05) is 11.6 Å². The number of thiophene rings is 1. The summed E-state index contributed by atoms with van der Waals surface area (Å²) in [5.41, 5.74) is 6.44. The zero-order chi connectivity index (χ0) is 14.0. The van der Waals surface area contributed by atoms with E-state index in [1.165, 1.54) is 30.3 Å². The van der Waals surface area contributed by atoms with Crippen molar-refractivity contribution >= 4 is 38.6 Å². The van der Waals surface area contributed by atoms with Gasteiger partial charge in [-0.3, -0.25) is 0 Å². The van der Waals surface area contributed by atoms with Gasteiger partial charge in [-0.25, -0.2) is 13.1 Å². The Bertz CT molecular complexity index is 698. The average molecular weight is 319 g/mol.